The highest BCUT2D eigenvalue weighted by Crippen LogP contribution is 2.26. The summed E-state index contributed by atoms with van der Waals surface area (Å²) >= 11 is 5.96. The fourth-order valence-electron chi connectivity index (χ4n) is 4.11. The number of aryl methyl sites for hydroxylation is 1. The molecule has 0 unspecified atom stereocenters. The predicted molar refractivity (Wildman–Crippen MR) is 121 cm³/mol. The monoisotopic (exact) mass is 426 g/mol. The van der Waals surface area contributed by atoms with Crippen molar-refractivity contribution >= 4 is 23.4 Å². The predicted octanol–water partition coefficient (Wildman–Crippen LogP) is 5.14. The van der Waals surface area contributed by atoms with Gasteiger partial charge in [-0.2, -0.15) is 0 Å². The van der Waals surface area contributed by atoms with Gasteiger partial charge >= 0.3 is 0 Å². The molecule has 3 rings (SSSR count). The number of amides is 2. The lowest BCUT2D eigenvalue weighted by molar-refractivity contribution is -0.140. The summed E-state index contributed by atoms with van der Waals surface area (Å²) in [5.41, 5.74) is 2.89. The van der Waals surface area contributed by atoms with Gasteiger partial charge in [0.15, 0.2) is 0 Å². The van der Waals surface area contributed by atoms with Gasteiger partial charge in [-0.1, -0.05) is 85.8 Å². The van der Waals surface area contributed by atoms with Crippen molar-refractivity contribution in [2.45, 2.75) is 64.1 Å². The van der Waals surface area contributed by atoms with Crippen molar-refractivity contribution in [2.75, 3.05) is 5.88 Å². The van der Waals surface area contributed by atoms with Gasteiger partial charge in [0.2, 0.25) is 11.8 Å². The largest absolute Gasteiger partial charge is 0.351 e. The van der Waals surface area contributed by atoms with E-state index in [1.807, 2.05) is 61.5 Å². The Morgan fingerprint density at radius 2 is 1.63 bits per heavy atom. The first-order valence-electron chi connectivity index (χ1n) is 10.8. The molecule has 2 aromatic rings. The Kier molecular flexibility index (Phi) is 8.32. The molecule has 1 N–H and O–H groups in total. The van der Waals surface area contributed by atoms with Crippen LogP contribution in [0.15, 0.2) is 54.6 Å². The van der Waals surface area contributed by atoms with Crippen LogP contribution in [0.4, 0.5) is 0 Å². The van der Waals surface area contributed by atoms with Crippen LogP contribution in [0.2, 0.25) is 0 Å². The molecule has 0 saturated heterocycles. The number of hydrogen-bond acceptors (Lipinski definition) is 2. The summed E-state index contributed by atoms with van der Waals surface area (Å²) < 4.78 is 0. The first-order valence-corrected chi connectivity index (χ1v) is 11.4. The number of carbonyl (C=O) groups is 2. The summed E-state index contributed by atoms with van der Waals surface area (Å²) in [6.45, 7) is 2.35. The molecule has 0 radical (unpaired) electrons. The molecule has 1 aliphatic carbocycles. The van der Waals surface area contributed by atoms with Crippen molar-refractivity contribution < 1.29 is 9.59 Å². The Hall–Kier alpha value is -2.33. The Morgan fingerprint density at radius 1 is 1.00 bits per heavy atom. The number of hydrogen-bond donors (Lipinski definition) is 1. The fraction of sp³-hybridized carbons (Fsp3) is 0.440. The number of benzene rings is 2. The second kappa shape index (κ2) is 11.2. The third-order valence-corrected chi connectivity index (χ3v) is 6.01. The van der Waals surface area contributed by atoms with Crippen LogP contribution in [-0.4, -0.2) is 28.6 Å². The second-order valence-electron chi connectivity index (χ2n) is 8.15. The molecule has 160 valence electrons. The molecule has 30 heavy (non-hydrogen) atoms. The van der Waals surface area contributed by atoms with Crippen LogP contribution in [-0.2, 0) is 16.1 Å². The molecule has 0 bridgehead atoms. The quantitative estimate of drug-likeness (QED) is 0.492. The van der Waals surface area contributed by atoms with Gasteiger partial charge < -0.3 is 10.2 Å². The molecule has 1 fully saturated rings. The van der Waals surface area contributed by atoms with Crippen molar-refractivity contribution in [1.82, 2.24) is 10.2 Å². The highest BCUT2D eigenvalue weighted by Gasteiger charge is 2.32. The van der Waals surface area contributed by atoms with Crippen LogP contribution < -0.4 is 5.32 Å². The maximum Gasteiger partial charge on any atom is 0.247 e. The van der Waals surface area contributed by atoms with Crippen molar-refractivity contribution in [2.24, 2.45) is 0 Å². The molecule has 2 aromatic carbocycles. The molecule has 5 heteroatoms. The summed E-state index contributed by atoms with van der Waals surface area (Å²) in [6.07, 6.45) is 6.70. The van der Waals surface area contributed by atoms with E-state index in [0.29, 0.717) is 6.54 Å². The van der Waals surface area contributed by atoms with E-state index in [0.717, 1.165) is 42.4 Å². The highest BCUT2D eigenvalue weighted by molar-refractivity contribution is 6.27. The lowest BCUT2D eigenvalue weighted by atomic mass is 10.0. The Bertz CT molecular complexity index is 815. The van der Waals surface area contributed by atoms with Crippen LogP contribution in [0.3, 0.4) is 0 Å². The lowest BCUT2D eigenvalue weighted by Gasteiger charge is -2.32. The van der Waals surface area contributed by atoms with E-state index < -0.39 is 6.04 Å². The zero-order valence-corrected chi connectivity index (χ0v) is 18.4. The third-order valence-electron chi connectivity index (χ3n) is 5.79. The van der Waals surface area contributed by atoms with Crippen molar-refractivity contribution in [3.8, 4) is 0 Å². The number of nitrogens with one attached hydrogen (secondary N) is 1. The molecule has 4 nitrogen and oxygen atoms in total. The van der Waals surface area contributed by atoms with E-state index >= 15 is 0 Å². The normalized spacial score (nSPS) is 15.8. The summed E-state index contributed by atoms with van der Waals surface area (Å²) in [5, 5.41) is 3.24. The first kappa shape index (κ1) is 22.4. The molecular weight excluding hydrogens is 396 g/mol. The minimum Gasteiger partial charge on any atom is -0.351 e. The van der Waals surface area contributed by atoms with Crippen molar-refractivity contribution in [3.63, 3.8) is 0 Å². The van der Waals surface area contributed by atoms with E-state index in [-0.39, 0.29) is 23.7 Å². The summed E-state index contributed by atoms with van der Waals surface area (Å²) in [7, 11) is 0. The summed E-state index contributed by atoms with van der Waals surface area (Å²) in [6, 6.07) is 17.0. The van der Waals surface area contributed by atoms with Crippen molar-refractivity contribution in [1.29, 1.82) is 0 Å². The molecule has 0 aromatic heterocycles. The Morgan fingerprint density at radius 3 is 2.23 bits per heavy atom. The maximum absolute atomic E-state index is 13.5. The first-order chi connectivity index (χ1) is 14.6. The lowest BCUT2D eigenvalue weighted by Crippen LogP contribution is -2.46. The minimum absolute atomic E-state index is 0.125. The van der Waals surface area contributed by atoms with E-state index in [1.54, 1.807) is 4.90 Å². The third kappa shape index (κ3) is 6.09. The molecule has 0 spiro atoms. The molecule has 0 aliphatic heterocycles. The topological polar surface area (TPSA) is 49.4 Å². The smallest absolute Gasteiger partial charge is 0.247 e. The zero-order valence-electron chi connectivity index (χ0n) is 17.6. The molecule has 2 amide bonds. The van der Waals surface area contributed by atoms with Gasteiger partial charge in [0.25, 0.3) is 0 Å². The van der Waals surface area contributed by atoms with Crippen LogP contribution in [0.1, 0.15) is 61.3 Å². The average Bonchev–Trinajstić information content (AvgIpc) is 3.03. The van der Waals surface area contributed by atoms with Gasteiger partial charge in [-0.05, 0) is 30.9 Å². The van der Waals surface area contributed by atoms with Gasteiger partial charge in [0, 0.05) is 12.6 Å². The number of alkyl halides is 1. The molecule has 0 heterocycles. The highest BCUT2D eigenvalue weighted by atomic mass is 35.5. The Balaban J connectivity index is 1.91. The summed E-state index contributed by atoms with van der Waals surface area (Å²) in [5.74, 6) is -0.534. The number of nitrogens with zero attached hydrogens (tertiary/aromatic N) is 1. The van der Waals surface area contributed by atoms with Gasteiger partial charge in [-0.3, -0.25) is 9.59 Å². The minimum atomic E-state index is -0.708. The number of rotatable bonds is 7. The van der Waals surface area contributed by atoms with Gasteiger partial charge in [0.05, 0.1) is 0 Å². The molecule has 1 atom stereocenters. The fourth-order valence-corrected chi connectivity index (χ4v) is 4.26. The van der Waals surface area contributed by atoms with Gasteiger partial charge in [0.1, 0.15) is 11.9 Å². The van der Waals surface area contributed by atoms with E-state index in [4.69, 9.17) is 11.6 Å². The average molecular weight is 427 g/mol. The zero-order chi connectivity index (χ0) is 21.3. The molecule has 1 aliphatic rings. The summed E-state index contributed by atoms with van der Waals surface area (Å²) in [4.78, 5) is 28.0. The van der Waals surface area contributed by atoms with Crippen molar-refractivity contribution in [3.05, 3.63) is 71.3 Å². The molecular formula is C25H31ClN2O2. The number of carbonyl (C=O) groups excluding carboxylic acids is 2. The standard InChI is InChI=1S/C25H31ClN2O2/c1-19-13-15-21(16-14-19)24(25(30)27-22-11-7-2-3-8-12-22)28(23(29)17-26)18-20-9-5-4-6-10-20/h4-6,9-10,13-16,22,24H,2-3,7-8,11-12,17-18H2,1H3,(H,27,30)/t24-/m0/s1. The van der Waals surface area contributed by atoms with Crippen LogP contribution in [0.5, 0.6) is 0 Å². The maximum atomic E-state index is 13.5. The molecule has 1 saturated carbocycles. The number of halogens is 1. The van der Waals surface area contributed by atoms with Gasteiger partial charge in [-0.15, -0.1) is 11.6 Å². The SMILES string of the molecule is Cc1ccc([C@@H](C(=O)NC2CCCCCC2)N(Cc2ccccc2)C(=O)CCl)cc1. The van der Waals surface area contributed by atoms with Crippen LogP contribution in [0, 0.1) is 6.92 Å². The Labute approximate surface area is 184 Å². The van der Waals surface area contributed by atoms with Crippen LogP contribution in [0.25, 0.3) is 0 Å². The van der Waals surface area contributed by atoms with E-state index in [9.17, 15) is 9.59 Å². The van der Waals surface area contributed by atoms with E-state index in [1.165, 1.54) is 12.8 Å². The van der Waals surface area contributed by atoms with Crippen LogP contribution >= 0.6 is 11.6 Å². The van der Waals surface area contributed by atoms with Gasteiger partial charge in [-0.25, -0.2) is 0 Å². The second-order valence-corrected chi connectivity index (χ2v) is 8.42. The van der Waals surface area contributed by atoms with E-state index in [2.05, 4.69) is 5.32 Å².